The lowest BCUT2D eigenvalue weighted by Crippen LogP contribution is -2.39. The number of pyridine rings is 1. The number of nitrogens with zero attached hydrogens (tertiary/aromatic N) is 2. The third-order valence-corrected chi connectivity index (χ3v) is 5.06. The van der Waals surface area contributed by atoms with Crippen molar-refractivity contribution >= 4 is 28.8 Å². The normalized spacial score (nSPS) is 19.4. The fraction of sp³-hybridized carbons (Fsp3) is 0.429. The van der Waals surface area contributed by atoms with E-state index in [9.17, 15) is 0 Å². The highest BCUT2D eigenvalue weighted by atomic mass is 32.1. The van der Waals surface area contributed by atoms with E-state index in [0.29, 0.717) is 23.5 Å². The number of aromatic nitrogens is 1. The maximum absolute atomic E-state index is 5.39. The summed E-state index contributed by atoms with van der Waals surface area (Å²) in [6, 6.07) is 12.0. The van der Waals surface area contributed by atoms with E-state index in [1.54, 1.807) is 7.11 Å². The van der Waals surface area contributed by atoms with Crippen molar-refractivity contribution in [3.63, 3.8) is 0 Å². The van der Waals surface area contributed by atoms with E-state index in [2.05, 4.69) is 40.4 Å². The van der Waals surface area contributed by atoms with Crippen molar-refractivity contribution < 1.29 is 4.74 Å². The molecule has 2 atom stereocenters. The maximum Gasteiger partial charge on any atom is 0.171 e. The minimum absolute atomic E-state index is 0.584. The van der Waals surface area contributed by atoms with Gasteiger partial charge in [0, 0.05) is 19.6 Å². The summed E-state index contributed by atoms with van der Waals surface area (Å²) in [7, 11) is 1.66. The second-order valence-electron chi connectivity index (χ2n) is 7.41. The van der Waals surface area contributed by atoms with Gasteiger partial charge in [-0.25, -0.2) is 4.98 Å². The first-order valence-electron chi connectivity index (χ1n) is 9.42. The summed E-state index contributed by atoms with van der Waals surface area (Å²) < 4.78 is 5.17. The topological polar surface area (TPSA) is 49.4 Å². The molecule has 0 radical (unpaired) electrons. The molecule has 2 aromatic rings. The van der Waals surface area contributed by atoms with Gasteiger partial charge < -0.3 is 20.3 Å². The van der Waals surface area contributed by atoms with Gasteiger partial charge in [-0.1, -0.05) is 26.0 Å². The van der Waals surface area contributed by atoms with Crippen molar-refractivity contribution in [2.75, 3.05) is 30.4 Å². The van der Waals surface area contributed by atoms with Gasteiger partial charge >= 0.3 is 0 Å². The molecule has 5 nitrogen and oxygen atoms in total. The van der Waals surface area contributed by atoms with Crippen LogP contribution in [-0.4, -0.2) is 30.3 Å². The molecule has 1 fully saturated rings. The standard InChI is InChI=1S/C21H28N4OS/c1-15-10-16(2)14-25(13-15)20-9-6-18(12-22-20)24-21(27)23-11-17-4-7-19(26-3)8-5-17/h4-9,12,15-16H,10-11,13-14H2,1-3H3,(H2,23,24,27)/t15-,16+. The van der Waals surface area contributed by atoms with Crippen molar-refractivity contribution in [1.29, 1.82) is 0 Å². The van der Waals surface area contributed by atoms with Gasteiger partial charge in [0.05, 0.1) is 19.0 Å². The summed E-state index contributed by atoms with van der Waals surface area (Å²) in [4.78, 5) is 7.00. The molecule has 1 aliphatic rings. The Morgan fingerprint density at radius 2 is 1.85 bits per heavy atom. The SMILES string of the molecule is COc1ccc(CNC(=S)Nc2ccc(N3C[C@H](C)C[C@H](C)C3)nc2)cc1. The van der Waals surface area contributed by atoms with Crippen LogP contribution < -0.4 is 20.3 Å². The highest BCUT2D eigenvalue weighted by molar-refractivity contribution is 7.80. The second kappa shape index (κ2) is 9.04. The molecule has 144 valence electrons. The third kappa shape index (κ3) is 5.57. The molecule has 27 heavy (non-hydrogen) atoms. The fourth-order valence-corrected chi connectivity index (χ4v) is 3.79. The predicted molar refractivity (Wildman–Crippen MR) is 115 cm³/mol. The van der Waals surface area contributed by atoms with E-state index in [-0.39, 0.29) is 0 Å². The maximum atomic E-state index is 5.39. The molecule has 0 aliphatic carbocycles. The molecule has 1 saturated heterocycles. The van der Waals surface area contributed by atoms with Crippen LogP contribution in [0.5, 0.6) is 5.75 Å². The number of ether oxygens (including phenoxy) is 1. The van der Waals surface area contributed by atoms with Crippen LogP contribution in [0, 0.1) is 11.8 Å². The summed E-state index contributed by atoms with van der Waals surface area (Å²) in [6.45, 7) is 7.43. The largest absolute Gasteiger partial charge is 0.497 e. The number of hydrogen-bond acceptors (Lipinski definition) is 4. The Labute approximate surface area is 167 Å². The lowest BCUT2D eigenvalue weighted by Gasteiger charge is -2.35. The highest BCUT2D eigenvalue weighted by Gasteiger charge is 2.22. The Bertz CT molecular complexity index is 738. The fourth-order valence-electron chi connectivity index (χ4n) is 3.60. The Balaban J connectivity index is 1.50. The van der Waals surface area contributed by atoms with Crippen LogP contribution >= 0.6 is 12.2 Å². The molecule has 1 aliphatic heterocycles. The lowest BCUT2D eigenvalue weighted by atomic mass is 9.92. The van der Waals surface area contributed by atoms with Crippen LogP contribution in [0.1, 0.15) is 25.8 Å². The molecule has 1 aromatic heterocycles. The zero-order chi connectivity index (χ0) is 19.2. The van der Waals surface area contributed by atoms with E-state index >= 15 is 0 Å². The minimum Gasteiger partial charge on any atom is -0.497 e. The molecule has 1 aromatic carbocycles. The van der Waals surface area contributed by atoms with E-state index < -0.39 is 0 Å². The summed E-state index contributed by atoms with van der Waals surface area (Å²) in [5, 5.41) is 7.00. The van der Waals surface area contributed by atoms with Gasteiger partial charge in [-0.3, -0.25) is 0 Å². The first kappa shape index (κ1) is 19.4. The third-order valence-electron chi connectivity index (χ3n) is 4.81. The summed E-state index contributed by atoms with van der Waals surface area (Å²) in [5.74, 6) is 3.31. The van der Waals surface area contributed by atoms with Gasteiger partial charge in [-0.05, 0) is 60.3 Å². The van der Waals surface area contributed by atoms with E-state index in [4.69, 9.17) is 17.0 Å². The van der Waals surface area contributed by atoms with Crippen LogP contribution in [-0.2, 0) is 6.54 Å². The van der Waals surface area contributed by atoms with E-state index in [1.165, 1.54) is 6.42 Å². The Hall–Kier alpha value is -2.34. The molecule has 0 unspecified atom stereocenters. The van der Waals surface area contributed by atoms with Gasteiger partial charge in [0.15, 0.2) is 5.11 Å². The molecule has 0 saturated carbocycles. The Kier molecular flexibility index (Phi) is 6.50. The molecule has 2 heterocycles. The number of nitrogens with one attached hydrogen (secondary N) is 2. The molecular weight excluding hydrogens is 356 g/mol. The average Bonchev–Trinajstić information content (AvgIpc) is 2.66. The van der Waals surface area contributed by atoms with Gasteiger partial charge in [0.25, 0.3) is 0 Å². The van der Waals surface area contributed by atoms with Gasteiger partial charge in [-0.2, -0.15) is 0 Å². The molecule has 0 spiro atoms. The molecule has 0 bridgehead atoms. The molecule has 3 rings (SSSR count). The molecule has 6 heteroatoms. The van der Waals surface area contributed by atoms with Crippen molar-refractivity contribution in [3.8, 4) is 5.75 Å². The van der Waals surface area contributed by atoms with Gasteiger partial charge in [0.2, 0.25) is 0 Å². The van der Waals surface area contributed by atoms with E-state index in [1.807, 2.05) is 36.5 Å². The monoisotopic (exact) mass is 384 g/mol. The van der Waals surface area contributed by atoms with Crippen molar-refractivity contribution in [2.24, 2.45) is 11.8 Å². The van der Waals surface area contributed by atoms with Crippen molar-refractivity contribution in [1.82, 2.24) is 10.3 Å². The quantitative estimate of drug-likeness (QED) is 0.758. The first-order chi connectivity index (χ1) is 13.0. The zero-order valence-corrected chi connectivity index (χ0v) is 17.1. The van der Waals surface area contributed by atoms with Crippen LogP contribution in [0.15, 0.2) is 42.6 Å². The predicted octanol–water partition coefficient (Wildman–Crippen LogP) is 4.06. The number of benzene rings is 1. The van der Waals surface area contributed by atoms with Crippen LogP contribution in [0.2, 0.25) is 0 Å². The highest BCUT2D eigenvalue weighted by Crippen LogP contribution is 2.25. The number of thiocarbonyl (C=S) groups is 1. The molecule has 0 amide bonds. The van der Waals surface area contributed by atoms with Gasteiger partial charge in [-0.15, -0.1) is 0 Å². The number of hydrogen-bond donors (Lipinski definition) is 2. The Morgan fingerprint density at radius 1 is 1.15 bits per heavy atom. The van der Waals surface area contributed by atoms with Crippen molar-refractivity contribution in [2.45, 2.75) is 26.8 Å². The number of methoxy groups -OCH3 is 1. The first-order valence-corrected chi connectivity index (χ1v) is 9.83. The molecular formula is C21H28N4OS. The average molecular weight is 385 g/mol. The minimum atomic E-state index is 0.584. The van der Waals surface area contributed by atoms with E-state index in [0.717, 1.165) is 35.9 Å². The van der Waals surface area contributed by atoms with Crippen LogP contribution in [0.25, 0.3) is 0 Å². The lowest BCUT2D eigenvalue weighted by molar-refractivity contribution is 0.355. The summed E-state index contributed by atoms with van der Waals surface area (Å²) in [6.07, 6.45) is 3.14. The smallest absolute Gasteiger partial charge is 0.171 e. The van der Waals surface area contributed by atoms with Crippen molar-refractivity contribution in [3.05, 3.63) is 48.2 Å². The number of rotatable bonds is 5. The number of piperidine rings is 1. The second-order valence-corrected chi connectivity index (χ2v) is 7.82. The van der Waals surface area contributed by atoms with Gasteiger partial charge in [0.1, 0.15) is 11.6 Å². The number of anilines is 2. The zero-order valence-electron chi connectivity index (χ0n) is 16.2. The molecule has 2 N–H and O–H groups in total. The van der Waals surface area contributed by atoms with Crippen LogP contribution in [0.3, 0.4) is 0 Å². The summed E-state index contributed by atoms with van der Waals surface area (Å²) in [5.41, 5.74) is 2.03. The van der Waals surface area contributed by atoms with Crippen LogP contribution in [0.4, 0.5) is 11.5 Å². The summed E-state index contributed by atoms with van der Waals surface area (Å²) >= 11 is 5.39. The Morgan fingerprint density at radius 3 is 2.44 bits per heavy atom.